The standard InChI is InChI=1S/C22H22ClN5O3/c1-4-20(29)26-19-9-14(8-18(23)21(19)30)12-25-22-17(11-24)13(2)27-28(22)15-6-5-7-16(10-15)31-3/h5-10,25,30H,4,12H2,1-3H3,(H,26,29). The normalized spacial score (nSPS) is 10.4. The molecule has 0 unspecified atom stereocenters. The first-order chi connectivity index (χ1) is 14.9. The Kier molecular flexibility index (Phi) is 6.68. The Balaban J connectivity index is 1.95. The number of aryl methyl sites for hydroxylation is 1. The number of hydrogen-bond donors (Lipinski definition) is 3. The van der Waals surface area contributed by atoms with Gasteiger partial charge in [-0.1, -0.05) is 24.6 Å². The third kappa shape index (κ3) is 4.73. The lowest BCUT2D eigenvalue weighted by atomic mass is 10.1. The predicted octanol–water partition coefficient (Wildman–Crippen LogP) is 4.38. The summed E-state index contributed by atoms with van der Waals surface area (Å²) in [7, 11) is 1.58. The molecule has 8 nitrogen and oxygen atoms in total. The third-order valence-corrected chi connectivity index (χ3v) is 4.94. The molecule has 0 spiro atoms. The topological polar surface area (TPSA) is 112 Å². The molecule has 0 saturated carbocycles. The number of hydrogen-bond acceptors (Lipinski definition) is 6. The summed E-state index contributed by atoms with van der Waals surface area (Å²) in [6.45, 7) is 3.75. The van der Waals surface area contributed by atoms with Gasteiger partial charge in [0, 0.05) is 19.0 Å². The number of aromatic nitrogens is 2. The quantitative estimate of drug-likeness (QED) is 0.471. The molecule has 9 heteroatoms. The zero-order chi connectivity index (χ0) is 22.5. The van der Waals surface area contributed by atoms with Crippen LogP contribution >= 0.6 is 11.6 Å². The van der Waals surface area contributed by atoms with Gasteiger partial charge in [0.15, 0.2) is 5.75 Å². The number of carbonyl (C=O) groups excluding carboxylic acids is 1. The lowest BCUT2D eigenvalue weighted by molar-refractivity contribution is -0.115. The summed E-state index contributed by atoms with van der Waals surface area (Å²) in [6.07, 6.45) is 0.268. The zero-order valence-corrected chi connectivity index (χ0v) is 18.1. The molecule has 0 aliphatic carbocycles. The summed E-state index contributed by atoms with van der Waals surface area (Å²) < 4.78 is 6.93. The first-order valence-electron chi connectivity index (χ1n) is 9.57. The number of carbonyl (C=O) groups is 1. The van der Waals surface area contributed by atoms with E-state index in [4.69, 9.17) is 16.3 Å². The molecule has 3 aromatic rings. The van der Waals surface area contributed by atoms with Crippen LogP contribution in [-0.4, -0.2) is 27.9 Å². The van der Waals surface area contributed by atoms with Gasteiger partial charge >= 0.3 is 0 Å². The Morgan fingerprint density at radius 1 is 1.35 bits per heavy atom. The molecule has 2 aromatic carbocycles. The number of rotatable bonds is 7. The van der Waals surface area contributed by atoms with Crippen molar-refractivity contribution in [1.29, 1.82) is 5.26 Å². The van der Waals surface area contributed by atoms with Crippen molar-refractivity contribution in [2.45, 2.75) is 26.8 Å². The maximum Gasteiger partial charge on any atom is 0.224 e. The van der Waals surface area contributed by atoms with Crippen molar-refractivity contribution in [1.82, 2.24) is 9.78 Å². The van der Waals surface area contributed by atoms with Gasteiger partial charge in [-0.3, -0.25) is 4.79 Å². The van der Waals surface area contributed by atoms with Crippen molar-refractivity contribution >= 4 is 29.0 Å². The molecular weight excluding hydrogens is 418 g/mol. The van der Waals surface area contributed by atoms with Crippen LogP contribution in [0.3, 0.4) is 0 Å². The molecule has 3 N–H and O–H groups in total. The Morgan fingerprint density at radius 3 is 2.81 bits per heavy atom. The minimum atomic E-state index is -0.241. The first-order valence-corrected chi connectivity index (χ1v) is 9.95. The van der Waals surface area contributed by atoms with Gasteiger partial charge in [-0.15, -0.1) is 0 Å². The van der Waals surface area contributed by atoms with Gasteiger partial charge in [0.1, 0.15) is 23.2 Å². The van der Waals surface area contributed by atoms with Crippen LogP contribution in [-0.2, 0) is 11.3 Å². The van der Waals surface area contributed by atoms with Gasteiger partial charge in [0.2, 0.25) is 5.91 Å². The average molecular weight is 440 g/mol. The molecule has 1 heterocycles. The molecule has 0 atom stereocenters. The predicted molar refractivity (Wildman–Crippen MR) is 119 cm³/mol. The summed E-state index contributed by atoms with van der Waals surface area (Å²) in [5, 5.41) is 30.3. The van der Waals surface area contributed by atoms with Gasteiger partial charge in [0.05, 0.1) is 29.2 Å². The smallest absolute Gasteiger partial charge is 0.224 e. The second-order valence-electron chi connectivity index (χ2n) is 6.76. The number of ether oxygens (including phenoxy) is 1. The molecule has 0 saturated heterocycles. The number of nitriles is 1. The lowest BCUT2D eigenvalue weighted by Crippen LogP contribution is -2.11. The molecule has 0 aliphatic heterocycles. The van der Waals surface area contributed by atoms with Crippen LogP contribution in [0.1, 0.15) is 30.2 Å². The van der Waals surface area contributed by atoms with Crippen molar-refractivity contribution in [3.8, 4) is 23.3 Å². The fourth-order valence-corrected chi connectivity index (χ4v) is 3.27. The van der Waals surface area contributed by atoms with Gasteiger partial charge < -0.3 is 20.5 Å². The number of nitrogens with zero attached hydrogens (tertiary/aromatic N) is 3. The molecule has 160 valence electrons. The number of benzene rings is 2. The number of amides is 1. The second kappa shape index (κ2) is 9.41. The SMILES string of the molecule is CCC(=O)Nc1cc(CNc2c(C#N)c(C)nn2-c2cccc(OC)c2)cc(Cl)c1O. The number of phenols is 1. The van der Waals surface area contributed by atoms with Crippen LogP contribution in [0.4, 0.5) is 11.5 Å². The summed E-state index contributed by atoms with van der Waals surface area (Å²) in [5.41, 5.74) is 2.65. The fourth-order valence-electron chi connectivity index (χ4n) is 3.03. The van der Waals surface area contributed by atoms with Crippen molar-refractivity contribution in [3.05, 3.63) is 58.2 Å². The largest absolute Gasteiger partial charge is 0.504 e. The van der Waals surface area contributed by atoms with Crippen LogP contribution in [0.5, 0.6) is 11.5 Å². The van der Waals surface area contributed by atoms with Gasteiger partial charge in [-0.2, -0.15) is 10.4 Å². The van der Waals surface area contributed by atoms with E-state index in [9.17, 15) is 15.2 Å². The van der Waals surface area contributed by atoms with E-state index in [1.54, 1.807) is 37.8 Å². The maximum atomic E-state index is 11.7. The molecule has 3 rings (SSSR count). The third-order valence-electron chi connectivity index (χ3n) is 4.65. The van der Waals surface area contributed by atoms with Crippen LogP contribution in [0.15, 0.2) is 36.4 Å². The molecule has 1 amide bonds. The van der Waals surface area contributed by atoms with Gasteiger partial charge in [-0.25, -0.2) is 4.68 Å². The number of anilines is 2. The summed E-state index contributed by atoms with van der Waals surface area (Å²) >= 11 is 6.14. The molecule has 31 heavy (non-hydrogen) atoms. The minimum Gasteiger partial charge on any atom is -0.504 e. The molecular formula is C22H22ClN5O3. The highest BCUT2D eigenvalue weighted by Crippen LogP contribution is 2.34. The monoisotopic (exact) mass is 439 g/mol. The number of halogens is 1. The second-order valence-corrected chi connectivity index (χ2v) is 7.17. The molecule has 0 bridgehead atoms. The minimum absolute atomic E-state index is 0.115. The van der Waals surface area contributed by atoms with Gasteiger partial charge in [-0.05, 0) is 36.8 Å². The van der Waals surface area contributed by atoms with E-state index in [1.165, 1.54) is 0 Å². The molecule has 1 aromatic heterocycles. The number of aromatic hydroxyl groups is 1. The Morgan fingerprint density at radius 2 is 2.13 bits per heavy atom. The van der Waals surface area contributed by atoms with Crippen LogP contribution < -0.4 is 15.4 Å². The van der Waals surface area contributed by atoms with E-state index in [1.807, 2.05) is 24.3 Å². The van der Waals surface area contributed by atoms with Gasteiger partial charge in [0.25, 0.3) is 0 Å². The van der Waals surface area contributed by atoms with Crippen LogP contribution in [0.25, 0.3) is 5.69 Å². The summed E-state index contributed by atoms with van der Waals surface area (Å²) in [5.74, 6) is 0.741. The first kappa shape index (κ1) is 22.0. The van der Waals surface area contributed by atoms with E-state index < -0.39 is 0 Å². The molecule has 0 aliphatic rings. The highest BCUT2D eigenvalue weighted by Gasteiger charge is 2.17. The maximum absolute atomic E-state index is 11.7. The highest BCUT2D eigenvalue weighted by atomic mass is 35.5. The van der Waals surface area contributed by atoms with Crippen molar-refractivity contribution in [2.24, 2.45) is 0 Å². The molecule has 0 fully saturated rings. The molecule has 0 radical (unpaired) electrons. The van der Waals surface area contributed by atoms with Crippen molar-refractivity contribution in [3.63, 3.8) is 0 Å². The van der Waals surface area contributed by atoms with E-state index >= 15 is 0 Å². The van der Waals surface area contributed by atoms with E-state index in [0.29, 0.717) is 28.4 Å². The van der Waals surface area contributed by atoms with Crippen LogP contribution in [0.2, 0.25) is 5.02 Å². The summed E-state index contributed by atoms with van der Waals surface area (Å²) in [6, 6.07) is 12.7. The van der Waals surface area contributed by atoms with E-state index in [2.05, 4.69) is 21.8 Å². The Labute approximate surface area is 185 Å². The Hall–Kier alpha value is -3.70. The Bertz CT molecular complexity index is 1170. The van der Waals surface area contributed by atoms with Crippen LogP contribution in [0, 0.1) is 18.3 Å². The van der Waals surface area contributed by atoms with E-state index in [0.717, 1.165) is 5.69 Å². The lowest BCUT2D eigenvalue weighted by Gasteiger charge is -2.14. The number of methoxy groups -OCH3 is 1. The number of phenolic OH excluding ortho intramolecular Hbond substituents is 1. The van der Waals surface area contributed by atoms with Crippen molar-refractivity contribution < 1.29 is 14.6 Å². The fraction of sp³-hybridized carbons (Fsp3) is 0.227. The van der Waals surface area contributed by atoms with Crippen molar-refractivity contribution in [2.75, 3.05) is 17.7 Å². The summed E-state index contributed by atoms with van der Waals surface area (Å²) in [4.78, 5) is 11.7. The van der Waals surface area contributed by atoms with E-state index in [-0.39, 0.29) is 35.3 Å². The average Bonchev–Trinajstić information content (AvgIpc) is 3.10. The number of nitrogens with one attached hydrogen (secondary N) is 2. The highest BCUT2D eigenvalue weighted by molar-refractivity contribution is 6.32. The zero-order valence-electron chi connectivity index (χ0n) is 17.4.